The summed E-state index contributed by atoms with van der Waals surface area (Å²) in [6.07, 6.45) is 3.63. The molecule has 1 N–H and O–H groups in total. The third-order valence-electron chi connectivity index (χ3n) is 6.11. The predicted octanol–water partition coefficient (Wildman–Crippen LogP) is 2.03. The van der Waals surface area contributed by atoms with E-state index in [4.69, 9.17) is 0 Å². The molecule has 3 fully saturated rings. The normalized spacial score (nSPS) is 22.0. The van der Waals surface area contributed by atoms with Gasteiger partial charge in [-0.25, -0.2) is 0 Å². The molecule has 0 atom stereocenters. The molecule has 0 aromatic heterocycles. The molecule has 1 aromatic carbocycles. The number of amides is 2. The quantitative estimate of drug-likeness (QED) is 0.881. The second-order valence-electron chi connectivity index (χ2n) is 8.20. The van der Waals surface area contributed by atoms with Crippen LogP contribution in [0.4, 0.5) is 11.4 Å². The fourth-order valence-corrected chi connectivity index (χ4v) is 4.02. The van der Waals surface area contributed by atoms with Crippen molar-refractivity contribution in [1.82, 2.24) is 9.80 Å². The Morgan fingerprint density at radius 2 is 1.48 bits per heavy atom. The molecule has 1 aliphatic carbocycles. The van der Waals surface area contributed by atoms with E-state index in [0.717, 1.165) is 70.6 Å². The van der Waals surface area contributed by atoms with Crippen LogP contribution in [0.25, 0.3) is 0 Å². The number of carbonyl (C=O) groups is 2. The second kappa shape index (κ2) is 7.89. The van der Waals surface area contributed by atoms with Crippen LogP contribution in [-0.4, -0.2) is 67.9 Å². The molecular weight excluding hydrogens is 340 g/mol. The average molecular weight is 370 g/mol. The third kappa shape index (κ3) is 4.43. The molecule has 2 saturated heterocycles. The van der Waals surface area contributed by atoms with E-state index >= 15 is 0 Å². The van der Waals surface area contributed by atoms with E-state index in [9.17, 15) is 9.59 Å². The minimum atomic E-state index is 0.00515. The van der Waals surface area contributed by atoms with E-state index in [2.05, 4.69) is 34.3 Å². The number of piperazine rings is 1. The summed E-state index contributed by atoms with van der Waals surface area (Å²) >= 11 is 0. The van der Waals surface area contributed by atoms with Crippen LogP contribution in [0.15, 0.2) is 24.3 Å². The Hall–Kier alpha value is -2.08. The van der Waals surface area contributed by atoms with Gasteiger partial charge in [-0.3, -0.25) is 9.59 Å². The summed E-state index contributed by atoms with van der Waals surface area (Å²) in [5.74, 6) is 0.661. The molecule has 146 valence electrons. The maximum absolute atomic E-state index is 12.6. The van der Waals surface area contributed by atoms with Gasteiger partial charge in [0.1, 0.15) is 0 Å². The van der Waals surface area contributed by atoms with Crippen molar-refractivity contribution >= 4 is 23.2 Å². The van der Waals surface area contributed by atoms with Crippen LogP contribution in [0.5, 0.6) is 0 Å². The highest BCUT2D eigenvalue weighted by atomic mass is 16.2. The first-order valence-corrected chi connectivity index (χ1v) is 10.2. The molecule has 2 heterocycles. The summed E-state index contributed by atoms with van der Waals surface area (Å²) in [6.45, 7) is 5.69. The number of piperidine rings is 1. The number of nitrogens with one attached hydrogen (secondary N) is 1. The summed E-state index contributed by atoms with van der Waals surface area (Å²) in [6, 6.07) is 8.18. The molecule has 4 rings (SSSR count). The first kappa shape index (κ1) is 18.3. The first-order chi connectivity index (χ1) is 13.1. The topological polar surface area (TPSA) is 55.9 Å². The molecule has 1 aromatic rings. The Morgan fingerprint density at radius 1 is 0.852 bits per heavy atom. The number of likely N-dealkylation sites (tertiary alicyclic amines) is 1. The fraction of sp³-hybridized carbons (Fsp3) is 0.619. The van der Waals surface area contributed by atoms with Crippen LogP contribution < -0.4 is 10.2 Å². The molecule has 0 spiro atoms. The SMILES string of the molecule is CN1CCN(c2ccc(NC(=O)C3CCN(C(=O)C4CC4)CC3)cc2)CC1. The van der Waals surface area contributed by atoms with Crippen molar-refractivity contribution in [2.75, 3.05) is 56.5 Å². The van der Waals surface area contributed by atoms with Gasteiger partial charge in [0.15, 0.2) is 0 Å². The number of benzene rings is 1. The van der Waals surface area contributed by atoms with Crippen LogP contribution in [0.1, 0.15) is 25.7 Å². The van der Waals surface area contributed by atoms with Gasteiger partial charge in [0.2, 0.25) is 11.8 Å². The van der Waals surface area contributed by atoms with Gasteiger partial charge in [0.25, 0.3) is 0 Å². The lowest BCUT2D eigenvalue weighted by atomic mass is 9.95. The van der Waals surface area contributed by atoms with E-state index in [1.54, 1.807) is 0 Å². The molecule has 2 amide bonds. The zero-order chi connectivity index (χ0) is 18.8. The largest absolute Gasteiger partial charge is 0.369 e. The molecule has 6 nitrogen and oxygen atoms in total. The lowest BCUT2D eigenvalue weighted by Crippen LogP contribution is -2.44. The fourth-order valence-electron chi connectivity index (χ4n) is 4.02. The monoisotopic (exact) mass is 370 g/mol. The van der Waals surface area contributed by atoms with E-state index in [1.807, 2.05) is 17.0 Å². The number of nitrogens with zero attached hydrogens (tertiary/aromatic N) is 3. The number of rotatable bonds is 4. The van der Waals surface area contributed by atoms with Gasteiger partial charge in [-0.1, -0.05) is 0 Å². The number of anilines is 2. The molecule has 6 heteroatoms. The van der Waals surface area contributed by atoms with Gasteiger partial charge in [0, 0.05) is 62.5 Å². The number of hydrogen-bond acceptors (Lipinski definition) is 4. The lowest BCUT2D eigenvalue weighted by Gasteiger charge is -2.34. The Balaban J connectivity index is 1.26. The van der Waals surface area contributed by atoms with Crippen LogP contribution in [-0.2, 0) is 9.59 Å². The Kier molecular flexibility index (Phi) is 5.34. The van der Waals surface area contributed by atoms with E-state index in [-0.39, 0.29) is 17.7 Å². The Bertz CT molecular complexity index is 670. The van der Waals surface area contributed by atoms with Gasteiger partial charge in [-0.05, 0) is 57.0 Å². The number of likely N-dealkylation sites (N-methyl/N-ethyl adjacent to an activating group) is 1. The lowest BCUT2D eigenvalue weighted by molar-refractivity contribution is -0.135. The smallest absolute Gasteiger partial charge is 0.227 e. The van der Waals surface area contributed by atoms with E-state index < -0.39 is 0 Å². The van der Waals surface area contributed by atoms with Crippen LogP contribution in [0.2, 0.25) is 0 Å². The van der Waals surface area contributed by atoms with Crippen LogP contribution in [0.3, 0.4) is 0 Å². The summed E-state index contributed by atoms with van der Waals surface area (Å²) in [4.78, 5) is 31.4. The maximum atomic E-state index is 12.6. The highest BCUT2D eigenvalue weighted by Gasteiger charge is 2.35. The Morgan fingerprint density at radius 3 is 2.07 bits per heavy atom. The van der Waals surface area contributed by atoms with E-state index in [1.165, 1.54) is 5.69 Å². The van der Waals surface area contributed by atoms with Crippen LogP contribution in [0, 0.1) is 11.8 Å². The third-order valence-corrected chi connectivity index (χ3v) is 6.11. The van der Waals surface area contributed by atoms with Crippen molar-refractivity contribution < 1.29 is 9.59 Å². The Labute approximate surface area is 161 Å². The molecule has 2 aliphatic heterocycles. The minimum Gasteiger partial charge on any atom is -0.369 e. The highest BCUT2D eigenvalue weighted by Crippen LogP contribution is 2.32. The van der Waals surface area contributed by atoms with Gasteiger partial charge >= 0.3 is 0 Å². The molecule has 0 radical (unpaired) electrons. The van der Waals surface area contributed by atoms with Gasteiger partial charge in [0.05, 0.1) is 0 Å². The molecule has 0 bridgehead atoms. The van der Waals surface area contributed by atoms with Crippen molar-refractivity contribution in [3.63, 3.8) is 0 Å². The van der Waals surface area contributed by atoms with Crippen molar-refractivity contribution in [1.29, 1.82) is 0 Å². The average Bonchev–Trinajstić information content (AvgIpc) is 3.54. The summed E-state index contributed by atoms with van der Waals surface area (Å²) < 4.78 is 0. The van der Waals surface area contributed by atoms with Crippen molar-refractivity contribution in [3.8, 4) is 0 Å². The first-order valence-electron chi connectivity index (χ1n) is 10.2. The number of carbonyl (C=O) groups excluding carboxylic acids is 2. The second-order valence-corrected chi connectivity index (χ2v) is 8.20. The molecule has 0 unspecified atom stereocenters. The highest BCUT2D eigenvalue weighted by molar-refractivity contribution is 5.93. The standard InChI is InChI=1S/C21H30N4O2/c1-23-12-14-24(15-13-23)19-6-4-18(5-7-19)22-20(26)16-8-10-25(11-9-16)21(27)17-2-3-17/h4-7,16-17H,2-3,8-15H2,1H3,(H,22,26). The molecule has 27 heavy (non-hydrogen) atoms. The zero-order valence-corrected chi connectivity index (χ0v) is 16.2. The van der Waals surface area contributed by atoms with Gasteiger partial charge < -0.3 is 20.0 Å². The van der Waals surface area contributed by atoms with Crippen molar-refractivity contribution in [2.45, 2.75) is 25.7 Å². The molecule has 3 aliphatic rings. The van der Waals surface area contributed by atoms with Crippen molar-refractivity contribution in [2.24, 2.45) is 11.8 Å². The molecular formula is C21H30N4O2. The minimum absolute atomic E-state index is 0.00515. The van der Waals surface area contributed by atoms with E-state index in [0.29, 0.717) is 5.91 Å². The summed E-state index contributed by atoms with van der Waals surface area (Å²) in [7, 11) is 2.16. The summed E-state index contributed by atoms with van der Waals surface area (Å²) in [5, 5.41) is 3.06. The molecule has 1 saturated carbocycles. The van der Waals surface area contributed by atoms with Crippen molar-refractivity contribution in [3.05, 3.63) is 24.3 Å². The maximum Gasteiger partial charge on any atom is 0.227 e. The number of hydrogen-bond donors (Lipinski definition) is 1. The zero-order valence-electron chi connectivity index (χ0n) is 16.2. The van der Waals surface area contributed by atoms with Gasteiger partial charge in [-0.2, -0.15) is 0 Å². The summed E-state index contributed by atoms with van der Waals surface area (Å²) in [5.41, 5.74) is 2.07. The van der Waals surface area contributed by atoms with Gasteiger partial charge in [-0.15, -0.1) is 0 Å². The predicted molar refractivity (Wildman–Crippen MR) is 107 cm³/mol. The van der Waals surface area contributed by atoms with Crippen LogP contribution >= 0.6 is 0 Å².